The fourth-order valence-corrected chi connectivity index (χ4v) is 3.18. The average molecular weight is 461 g/mol. The molecular weight excluding hydrogens is 452 g/mol. The third-order valence-electron chi connectivity index (χ3n) is 3.07. The van der Waals surface area contributed by atoms with Gasteiger partial charge in [-0.1, -0.05) is 15.9 Å². The summed E-state index contributed by atoms with van der Waals surface area (Å²) >= 11 is 6.63. The van der Waals surface area contributed by atoms with Crippen LogP contribution < -0.4 is 5.32 Å². The predicted octanol–water partition coefficient (Wildman–Crippen LogP) is 4.15. The topological polar surface area (TPSA) is 72.2 Å². The van der Waals surface area contributed by atoms with Crippen molar-refractivity contribution in [3.05, 3.63) is 50.4 Å². The molecule has 24 heavy (non-hydrogen) atoms. The van der Waals surface area contributed by atoms with Gasteiger partial charge in [-0.05, 0) is 47.1 Å². The van der Waals surface area contributed by atoms with E-state index in [1.54, 1.807) is 25.1 Å². The summed E-state index contributed by atoms with van der Waals surface area (Å²) in [5.74, 6) is -0.920. The lowest BCUT2D eigenvalue weighted by Crippen LogP contribution is -2.14. The Labute approximate surface area is 151 Å². The van der Waals surface area contributed by atoms with Crippen LogP contribution in [0, 0.1) is 6.92 Å². The van der Waals surface area contributed by atoms with Crippen LogP contribution in [0.25, 0.3) is 5.78 Å². The Morgan fingerprint density at radius 1 is 1.25 bits per heavy atom. The maximum atomic E-state index is 13.1. The summed E-state index contributed by atoms with van der Waals surface area (Å²) in [6.07, 6.45) is -2.76. The van der Waals surface area contributed by atoms with Gasteiger partial charge in [0.2, 0.25) is 5.82 Å². The van der Waals surface area contributed by atoms with Gasteiger partial charge in [0, 0.05) is 14.6 Å². The van der Waals surface area contributed by atoms with Gasteiger partial charge >= 0.3 is 0 Å². The van der Waals surface area contributed by atoms with Crippen molar-refractivity contribution in [1.29, 1.82) is 0 Å². The first-order valence-corrected chi connectivity index (χ1v) is 8.22. The van der Waals surface area contributed by atoms with Crippen molar-refractivity contribution in [1.82, 2.24) is 19.6 Å². The van der Waals surface area contributed by atoms with Crippen molar-refractivity contribution in [2.45, 2.75) is 13.3 Å². The Morgan fingerprint density at radius 3 is 2.67 bits per heavy atom. The van der Waals surface area contributed by atoms with Crippen molar-refractivity contribution < 1.29 is 13.6 Å². The largest absolute Gasteiger partial charge is 0.318 e. The van der Waals surface area contributed by atoms with E-state index in [0.717, 1.165) is 8.99 Å². The van der Waals surface area contributed by atoms with Crippen LogP contribution in [0.1, 0.15) is 28.4 Å². The lowest BCUT2D eigenvalue weighted by molar-refractivity contribution is 0.101. The fraction of sp³-hybridized carbons (Fsp3) is 0.143. The number of rotatable bonds is 3. The van der Waals surface area contributed by atoms with Gasteiger partial charge in [-0.2, -0.15) is 9.50 Å². The molecule has 6 nitrogen and oxygen atoms in total. The zero-order valence-corrected chi connectivity index (χ0v) is 15.3. The van der Waals surface area contributed by atoms with Crippen molar-refractivity contribution in [3.8, 4) is 0 Å². The van der Waals surface area contributed by atoms with Crippen LogP contribution in [0.3, 0.4) is 0 Å². The van der Waals surface area contributed by atoms with Gasteiger partial charge in [0.25, 0.3) is 18.1 Å². The minimum absolute atomic E-state index is 0.0506. The Hall–Kier alpha value is -1.94. The number of alkyl halides is 2. The number of hydrogen-bond acceptors (Lipinski definition) is 4. The van der Waals surface area contributed by atoms with E-state index >= 15 is 0 Å². The lowest BCUT2D eigenvalue weighted by atomic mass is 10.3. The maximum Gasteiger partial charge on any atom is 0.295 e. The minimum atomic E-state index is -2.76. The first-order valence-electron chi connectivity index (χ1n) is 6.64. The zero-order chi connectivity index (χ0) is 17.4. The summed E-state index contributed by atoms with van der Waals surface area (Å²) in [5, 5.41) is 6.46. The zero-order valence-electron chi connectivity index (χ0n) is 12.1. The second-order valence-corrected chi connectivity index (χ2v) is 6.62. The summed E-state index contributed by atoms with van der Waals surface area (Å²) in [5.41, 5.74) is 0.502. The highest BCUT2D eigenvalue weighted by atomic mass is 79.9. The second kappa shape index (κ2) is 6.52. The van der Waals surface area contributed by atoms with Crippen LogP contribution in [0.15, 0.2) is 33.2 Å². The first-order chi connectivity index (χ1) is 11.3. The second-order valence-electron chi connectivity index (χ2n) is 4.85. The van der Waals surface area contributed by atoms with Crippen LogP contribution in [-0.2, 0) is 0 Å². The molecule has 2 aromatic heterocycles. The van der Waals surface area contributed by atoms with Gasteiger partial charge in [0.1, 0.15) is 5.69 Å². The Kier molecular flexibility index (Phi) is 4.59. The minimum Gasteiger partial charge on any atom is -0.318 e. The van der Waals surface area contributed by atoms with E-state index < -0.39 is 12.3 Å². The molecule has 1 aromatic carbocycles. The summed E-state index contributed by atoms with van der Waals surface area (Å²) in [4.78, 5) is 20.2. The van der Waals surface area contributed by atoms with Gasteiger partial charge in [-0.15, -0.1) is 5.10 Å². The summed E-state index contributed by atoms with van der Waals surface area (Å²) in [7, 11) is 0. The molecule has 0 atom stereocenters. The number of nitrogens with zero attached hydrogens (tertiary/aromatic N) is 4. The smallest absolute Gasteiger partial charge is 0.295 e. The normalized spacial score (nSPS) is 11.2. The molecule has 2 heterocycles. The molecule has 0 bridgehead atoms. The van der Waals surface area contributed by atoms with Crippen LogP contribution in [0.5, 0.6) is 0 Å². The highest BCUT2D eigenvalue weighted by Gasteiger charge is 2.20. The number of aryl methyl sites for hydroxylation is 1. The van der Waals surface area contributed by atoms with Gasteiger partial charge in [-0.3, -0.25) is 4.79 Å². The highest BCUT2D eigenvalue weighted by Crippen LogP contribution is 2.26. The van der Waals surface area contributed by atoms with Crippen molar-refractivity contribution >= 4 is 49.2 Å². The van der Waals surface area contributed by atoms with Crippen LogP contribution in [0.2, 0.25) is 0 Å². The monoisotopic (exact) mass is 459 g/mol. The molecule has 0 aliphatic carbocycles. The van der Waals surface area contributed by atoms with Crippen LogP contribution in [-0.4, -0.2) is 25.5 Å². The number of benzene rings is 1. The van der Waals surface area contributed by atoms with E-state index in [9.17, 15) is 13.6 Å². The van der Waals surface area contributed by atoms with Gasteiger partial charge in [-0.25, -0.2) is 13.8 Å². The molecule has 3 rings (SSSR count). The van der Waals surface area contributed by atoms with E-state index in [2.05, 4.69) is 52.2 Å². The Balaban J connectivity index is 1.97. The molecule has 0 saturated carbocycles. The Morgan fingerprint density at radius 2 is 2.00 bits per heavy atom. The van der Waals surface area contributed by atoms with Crippen LogP contribution in [0.4, 0.5) is 14.5 Å². The van der Waals surface area contributed by atoms with E-state index in [1.165, 1.54) is 6.07 Å². The summed E-state index contributed by atoms with van der Waals surface area (Å²) in [6.45, 7) is 1.57. The molecule has 0 spiro atoms. The molecule has 0 unspecified atom stereocenters. The number of fused-ring (bicyclic) bond motifs is 1. The van der Waals surface area contributed by atoms with Crippen molar-refractivity contribution in [2.24, 2.45) is 0 Å². The average Bonchev–Trinajstić information content (AvgIpc) is 2.92. The number of anilines is 1. The van der Waals surface area contributed by atoms with Crippen molar-refractivity contribution in [2.75, 3.05) is 5.32 Å². The number of halogens is 4. The van der Waals surface area contributed by atoms with E-state index in [1.807, 2.05) is 0 Å². The first kappa shape index (κ1) is 16.9. The number of carbonyl (C=O) groups excluding carboxylic acids is 1. The quantitative estimate of drug-likeness (QED) is 0.637. The molecule has 0 fully saturated rings. The summed E-state index contributed by atoms with van der Waals surface area (Å²) in [6, 6.07) is 6.39. The molecule has 1 N–H and O–H groups in total. The molecule has 0 aliphatic heterocycles. The van der Waals surface area contributed by atoms with Gasteiger partial charge in [0.15, 0.2) is 0 Å². The van der Waals surface area contributed by atoms with Crippen molar-refractivity contribution in [3.63, 3.8) is 0 Å². The molecule has 0 radical (unpaired) electrons. The molecule has 124 valence electrons. The molecule has 1 amide bonds. The van der Waals surface area contributed by atoms with Crippen LogP contribution >= 0.6 is 31.9 Å². The number of carbonyl (C=O) groups is 1. The SMILES string of the molecule is Cc1cc(C(F)F)n2nc(C(=O)Nc3ccc(Br)cc3Br)nc2n1. The number of hydrogen-bond donors (Lipinski definition) is 1. The van der Waals surface area contributed by atoms with E-state index in [0.29, 0.717) is 15.9 Å². The molecule has 3 aromatic rings. The third kappa shape index (κ3) is 3.29. The predicted molar refractivity (Wildman–Crippen MR) is 90.3 cm³/mol. The highest BCUT2D eigenvalue weighted by molar-refractivity contribution is 9.11. The van der Waals surface area contributed by atoms with Gasteiger partial charge in [0.05, 0.1) is 5.69 Å². The lowest BCUT2D eigenvalue weighted by Gasteiger charge is -2.05. The standard InChI is InChI=1S/C14H9Br2F2N5O/c1-6-4-10(11(17)18)23-14(19-6)21-12(22-23)13(24)20-9-3-2-7(15)5-8(9)16/h2-5,11H,1H3,(H,20,24). The fourth-order valence-electron chi connectivity index (χ4n) is 2.04. The van der Waals surface area contributed by atoms with E-state index in [-0.39, 0.29) is 17.3 Å². The molecular formula is C14H9Br2F2N5O. The number of amides is 1. The molecule has 0 saturated heterocycles. The molecule has 0 aliphatic rings. The number of nitrogens with one attached hydrogen (secondary N) is 1. The third-order valence-corrected chi connectivity index (χ3v) is 4.22. The maximum absolute atomic E-state index is 13.1. The Bertz CT molecular complexity index is 944. The molecule has 10 heteroatoms. The van der Waals surface area contributed by atoms with Gasteiger partial charge < -0.3 is 5.32 Å². The summed E-state index contributed by atoms with van der Waals surface area (Å²) < 4.78 is 28.6. The number of aromatic nitrogens is 4. The van der Waals surface area contributed by atoms with E-state index in [4.69, 9.17) is 0 Å².